The van der Waals surface area contributed by atoms with E-state index < -0.39 is 0 Å². The molecule has 0 saturated carbocycles. The first-order chi connectivity index (χ1) is 9.24. The maximum Gasteiger partial charge on any atom is 0.0593 e. The smallest absolute Gasteiger partial charge is 0.0593 e. The number of hydrogen-bond acceptors (Lipinski definition) is 3. The maximum absolute atomic E-state index is 5.50. The van der Waals surface area contributed by atoms with Gasteiger partial charge in [-0.25, -0.2) is 0 Å². The van der Waals surface area contributed by atoms with Gasteiger partial charge in [-0.2, -0.15) is 0 Å². The molecule has 0 radical (unpaired) electrons. The van der Waals surface area contributed by atoms with Gasteiger partial charge in [-0.15, -0.1) is 0 Å². The van der Waals surface area contributed by atoms with Gasteiger partial charge in [-0.1, -0.05) is 38.1 Å². The van der Waals surface area contributed by atoms with Crippen LogP contribution in [0.5, 0.6) is 0 Å². The Labute approximate surface area is 116 Å². The minimum absolute atomic E-state index is 0.534. The number of ether oxygens (including phenoxy) is 1. The van der Waals surface area contributed by atoms with Crippen molar-refractivity contribution in [2.24, 2.45) is 0 Å². The first kappa shape index (κ1) is 14.5. The van der Waals surface area contributed by atoms with Crippen LogP contribution in [0.4, 0.5) is 0 Å². The average Bonchev–Trinajstić information content (AvgIpc) is 2.65. The van der Waals surface area contributed by atoms with Crippen LogP contribution in [0, 0.1) is 0 Å². The summed E-state index contributed by atoms with van der Waals surface area (Å²) in [6, 6.07) is 9.45. The third-order valence-corrected chi connectivity index (χ3v) is 3.43. The molecule has 0 aromatic heterocycles. The molecule has 0 atom stereocenters. The second kappa shape index (κ2) is 7.63. The van der Waals surface area contributed by atoms with Crippen LogP contribution in [-0.4, -0.2) is 37.2 Å². The molecular formula is C16H26N2O. The van der Waals surface area contributed by atoms with Crippen molar-refractivity contribution in [2.45, 2.75) is 39.4 Å². The molecule has 2 rings (SSSR count). The molecule has 19 heavy (non-hydrogen) atoms. The van der Waals surface area contributed by atoms with Crippen LogP contribution in [0.15, 0.2) is 24.3 Å². The Morgan fingerprint density at radius 2 is 2.05 bits per heavy atom. The second-order valence-electron chi connectivity index (χ2n) is 5.60. The van der Waals surface area contributed by atoms with Crippen LogP contribution in [0.3, 0.4) is 0 Å². The van der Waals surface area contributed by atoms with Crippen LogP contribution in [0.1, 0.15) is 31.4 Å². The monoisotopic (exact) mass is 262 g/mol. The van der Waals surface area contributed by atoms with Crippen molar-refractivity contribution in [3.05, 3.63) is 35.4 Å². The molecule has 1 N–H and O–H groups in total. The fourth-order valence-electron chi connectivity index (χ4n) is 2.37. The first-order valence-electron chi connectivity index (χ1n) is 7.35. The van der Waals surface area contributed by atoms with Crippen molar-refractivity contribution in [2.75, 3.05) is 26.3 Å². The van der Waals surface area contributed by atoms with Gasteiger partial charge in [-0.3, -0.25) is 4.90 Å². The molecule has 1 aliphatic rings. The number of rotatable bonds is 5. The lowest BCUT2D eigenvalue weighted by atomic mass is 10.1. The van der Waals surface area contributed by atoms with E-state index in [9.17, 15) is 0 Å². The zero-order valence-corrected chi connectivity index (χ0v) is 12.2. The Kier molecular flexibility index (Phi) is 5.83. The van der Waals surface area contributed by atoms with Crippen molar-refractivity contribution in [1.29, 1.82) is 0 Å². The van der Waals surface area contributed by atoms with Gasteiger partial charge in [0.1, 0.15) is 0 Å². The molecule has 0 amide bonds. The molecule has 106 valence electrons. The normalized spacial score (nSPS) is 17.6. The Balaban J connectivity index is 1.90. The van der Waals surface area contributed by atoms with Crippen molar-refractivity contribution < 1.29 is 4.74 Å². The molecule has 0 aliphatic carbocycles. The molecule has 1 aromatic carbocycles. The minimum Gasteiger partial charge on any atom is -0.380 e. The summed E-state index contributed by atoms with van der Waals surface area (Å²) in [4.78, 5) is 2.49. The molecule has 3 nitrogen and oxygen atoms in total. The molecular weight excluding hydrogens is 236 g/mol. The van der Waals surface area contributed by atoms with Crippen molar-refractivity contribution in [1.82, 2.24) is 10.2 Å². The van der Waals surface area contributed by atoms with E-state index >= 15 is 0 Å². The van der Waals surface area contributed by atoms with Crippen LogP contribution >= 0.6 is 0 Å². The predicted octanol–water partition coefficient (Wildman–Crippen LogP) is 2.41. The highest BCUT2D eigenvalue weighted by Gasteiger charge is 2.09. The van der Waals surface area contributed by atoms with E-state index in [0.29, 0.717) is 6.04 Å². The van der Waals surface area contributed by atoms with Crippen molar-refractivity contribution in [3.8, 4) is 0 Å². The van der Waals surface area contributed by atoms with E-state index in [1.165, 1.54) is 11.1 Å². The summed E-state index contributed by atoms with van der Waals surface area (Å²) in [6.07, 6.45) is 1.15. The lowest BCUT2D eigenvalue weighted by Gasteiger charge is -2.19. The molecule has 1 heterocycles. The summed E-state index contributed by atoms with van der Waals surface area (Å²) in [6.45, 7) is 10.3. The van der Waals surface area contributed by atoms with Gasteiger partial charge in [0, 0.05) is 38.8 Å². The van der Waals surface area contributed by atoms with Gasteiger partial charge >= 0.3 is 0 Å². The summed E-state index contributed by atoms with van der Waals surface area (Å²) in [5.41, 5.74) is 2.78. The first-order valence-corrected chi connectivity index (χ1v) is 7.35. The Bertz CT molecular complexity index is 371. The molecule has 1 aromatic rings. The SMILES string of the molecule is CC(C)NCc1cccc(CN2CCCOCC2)c1. The van der Waals surface area contributed by atoms with E-state index in [-0.39, 0.29) is 0 Å². The van der Waals surface area contributed by atoms with Gasteiger partial charge in [0.25, 0.3) is 0 Å². The van der Waals surface area contributed by atoms with Crippen LogP contribution in [-0.2, 0) is 17.8 Å². The Hall–Kier alpha value is -0.900. The lowest BCUT2D eigenvalue weighted by Crippen LogP contribution is -2.26. The quantitative estimate of drug-likeness (QED) is 0.882. The second-order valence-corrected chi connectivity index (χ2v) is 5.60. The fraction of sp³-hybridized carbons (Fsp3) is 0.625. The maximum atomic E-state index is 5.50. The van der Waals surface area contributed by atoms with E-state index in [1.807, 2.05) is 0 Å². The van der Waals surface area contributed by atoms with Crippen molar-refractivity contribution >= 4 is 0 Å². The van der Waals surface area contributed by atoms with Gasteiger partial charge in [0.2, 0.25) is 0 Å². The summed E-state index contributed by atoms with van der Waals surface area (Å²) >= 11 is 0. The van der Waals surface area contributed by atoms with Crippen LogP contribution in [0.2, 0.25) is 0 Å². The third-order valence-electron chi connectivity index (χ3n) is 3.43. The minimum atomic E-state index is 0.534. The summed E-state index contributed by atoms with van der Waals surface area (Å²) in [5, 5.41) is 3.47. The molecule has 0 bridgehead atoms. The zero-order chi connectivity index (χ0) is 13.5. The summed E-state index contributed by atoms with van der Waals surface area (Å²) in [7, 11) is 0. The highest BCUT2D eigenvalue weighted by Crippen LogP contribution is 2.10. The zero-order valence-electron chi connectivity index (χ0n) is 12.2. The molecule has 1 aliphatic heterocycles. The molecule has 3 heteroatoms. The molecule has 0 spiro atoms. The standard InChI is InChI=1S/C16H26N2O/c1-14(2)17-12-15-5-3-6-16(11-15)13-18-7-4-9-19-10-8-18/h3,5-6,11,14,17H,4,7-10,12-13H2,1-2H3. The number of benzene rings is 1. The topological polar surface area (TPSA) is 24.5 Å². The highest BCUT2D eigenvalue weighted by molar-refractivity contribution is 5.23. The Morgan fingerprint density at radius 3 is 2.89 bits per heavy atom. The average molecular weight is 262 g/mol. The van der Waals surface area contributed by atoms with Gasteiger partial charge in [-0.05, 0) is 17.5 Å². The van der Waals surface area contributed by atoms with E-state index in [1.54, 1.807) is 0 Å². The predicted molar refractivity (Wildman–Crippen MR) is 79.1 cm³/mol. The van der Waals surface area contributed by atoms with E-state index in [4.69, 9.17) is 4.74 Å². The van der Waals surface area contributed by atoms with Crippen LogP contribution < -0.4 is 5.32 Å². The summed E-state index contributed by atoms with van der Waals surface area (Å²) in [5.74, 6) is 0. The molecule has 0 unspecified atom stereocenters. The largest absolute Gasteiger partial charge is 0.380 e. The Morgan fingerprint density at radius 1 is 1.21 bits per heavy atom. The lowest BCUT2D eigenvalue weighted by molar-refractivity contribution is 0.140. The van der Waals surface area contributed by atoms with Crippen molar-refractivity contribution in [3.63, 3.8) is 0 Å². The van der Waals surface area contributed by atoms with Crippen LogP contribution in [0.25, 0.3) is 0 Å². The number of nitrogens with one attached hydrogen (secondary N) is 1. The summed E-state index contributed by atoms with van der Waals surface area (Å²) < 4.78 is 5.50. The third kappa shape index (κ3) is 5.31. The highest BCUT2D eigenvalue weighted by atomic mass is 16.5. The van der Waals surface area contributed by atoms with Gasteiger partial charge < -0.3 is 10.1 Å². The van der Waals surface area contributed by atoms with E-state index in [0.717, 1.165) is 45.8 Å². The van der Waals surface area contributed by atoms with E-state index in [2.05, 4.69) is 48.3 Å². The van der Waals surface area contributed by atoms with Gasteiger partial charge in [0.15, 0.2) is 0 Å². The number of hydrogen-bond donors (Lipinski definition) is 1. The molecule has 1 saturated heterocycles. The van der Waals surface area contributed by atoms with Gasteiger partial charge in [0.05, 0.1) is 6.61 Å². The fourth-order valence-corrected chi connectivity index (χ4v) is 2.37. The molecule has 1 fully saturated rings. The number of nitrogens with zero attached hydrogens (tertiary/aromatic N) is 1.